The highest BCUT2D eigenvalue weighted by atomic mass is 19.4. The van der Waals surface area contributed by atoms with E-state index >= 15 is 0 Å². The van der Waals surface area contributed by atoms with E-state index < -0.39 is 18.3 Å². The Balaban J connectivity index is 1.71. The summed E-state index contributed by atoms with van der Waals surface area (Å²) in [6.07, 6.45) is -2.35. The predicted octanol–water partition coefficient (Wildman–Crippen LogP) is 2.51. The number of ether oxygens (including phenoxy) is 1. The van der Waals surface area contributed by atoms with Crippen LogP contribution in [-0.2, 0) is 24.2 Å². The van der Waals surface area contributed by atoms with E-state index in [1.165, 1.54) is 31.2 Å². The summed E-state index contributed by atoms with van der Waals surface area (Å²) < 4.78 is 42.5. The first-order valence-electron chi connectivity index (χ1n) is 8.47. The second kappa shape index (κ2) is 7.42. The number of carbonyl (C=O) groups is 1. The molecule has 0 unspecified atom stereocenters. The molecule has 1 aromatic heterocycles. The Labute approximate surface area is 153 Å². The van der Waals surface area contributed by atoms with E-state index in [1.54, 1.807) is 6.07 Å². The van der Waals surface area contributed by atoms with E-state index in [1.807, 2.05) is 0 Å². The number of nitrogens with one attached hydrogen (secondary N) is 1. The van der Waals surface area contributed by atoms with Gasteiger partial charge in [-0.25, -0.2) is 4.68 Å². The fourth-order valence-electron chi connectivity index (χ4n) is 3.01. The third-order valence-electron chi connectivity index (χ3n) is 4.38. The Hall–Kier alpha value is -2.84. The highest BCUT2D eigenvalue weighted by Crippen LogP contribution is 2.26. The number of fused-ring (bicyclic) bond motifs is 1. The van der Waals surface area contributed by atoms with E-state index in [9.17, 15) is 22.8 Å². The van der Waals surface area contributed by atoms with E-state index in [0.29, 0.717) is 0 Å². The first-order valence-corrected chi connectivity index (χ1v) is 8.47. The number of amides is 1. The van der Waals surface area contributed by atoms with Crippen molar-refractivity contribution in [3.8, 4) is 5.75 Å². The molecule has 27 heavy (non-hydrogen) atoms. The minimum absolute atomic E-state index is 0.171. The number of hydrogen-bond acceptors (Lipinski definition) is 4. The van der Waals surface area contributed by atoms with Gasteiger partial charge in [0.25, 0.3) is 5.56 Å². The normalized spacial score (nSPS) is 14.5. The zero-order valence-corrected chi connectivity index (χ0v) is 14.5. The van der Waals surface area contributed by atoms with Crippen molar-refractivity contribution < 1.29 is 22.7 Å². The van der Waals surface area contributed by atoms with Gasteiger partial charge >= 0.3 is 6.36 Å². The summed E-state index contributed by atoms with van der Waals surface area (Å²) in [6.45, 7) is 1.35. The first kappa shape index (κ1) is 18.9. The molecule has 0 radical (unpaired) electrons. The van der Waals surface area contributed by atoms with Crippen LogP contribution in [0.2, 0.25) is 0 Å². The molecule has 1 N–H and O–H groups in total. The van der Waals surface area contributed by atoms with Gasteiger partial charge in [-0.2, -0.15) is 5.10 Å². The van der Waals surface area contributed by atoms with E-state index in [4.69, 9.17) is 0 Å². The van der Waals surface area contributed by atoms with Gasteiger partial charge in [0.15, 0.2) is 0 Å². The Kier molecular flexibility index (Phi) is 5.20. The summed E-state index contributed by atoms with van der Waals surface area (Å²) >= 11 is 0. The van der Waals surface area contributed by atoms with E-state index in [2.05, 4.69) is 15.2 Å². The van der Waals surface area contributed by atoms with Gasteiger partial charge in [-0.1, -0.05) is 18.2 Å². The molecule has 1 aliphatic carbocycles. The molecular weight excluding hydrogens is 363 g/mol. The van der Waals surface area contributed by atoms with Crippen molar-refractivity contribution in [1.82, 2.24) is 15.1 Å². The lowest BCUT2D eigenvalue weighted by molar-refractivity contribution is -0.274. The van der Waals surface area contributed by atoms with Crippen LogP contribution in [0.15, 0.2) is 35.1 Å². The molecule has 1 aliphatic rings. The lowest BCUT2D eigenvalue weighted by atomic mass is 10.2. The van der Waals surface area contributed by atoms with Crippen molar-refractivity contribution in [1.29, 1.82) is 0 Å². The van der Waals surface area contributed by atoms with Crippen LogP contribution in [0, 0.1) is 0 Å². The van der Waals surface area contributed by atoms with Crippen LogP contribution in [0.5, 0.6) is 5.75 Å². The Morgan fingerprint density at radius 3 is 2.81 bits per heavy atom. The maximum Gasteiger partial charge on any atom is 0.573 e. The number of alkyl halides is 3. The first-order chi connectivity index (χ1) is 12.7. The molecule has 0 saturated heterocycles. The summed E-state index contributed by atoms with van der Waals surface area (Å²) in [5.74, 6) is -0.907. The van der Waals surface area contributed by atoms with Crippen LogP contribution in [0.25, 0.3) is 0 Å². The number of carbonyl (C=O) groups excluding carboxylic acids is 1. The standard InChI is InChI=1S/C18H18F3N3O3/c1-11(24-16(25)9-12-6-4-7-14(12)23-24)17(26)22-10-13-5-2-3-8-15(13)27-18(19,20)21/h2-3,5,8-9,11H,4,6-7,10H2,1H3,(H,22,26)/t11-/m0/s1. The fourth-order valence-corrected chi connectivity index (χ4v) is 3.01. The zero-order chi connectivity index (χ0) is 19.6. The number of para-hydroxylation sites is 1. The number of nitrogens with zero attached hydrogens (tertiary/aromatic N) is 2. The quantitative estimate of drug-likeness (QED) is 0.864. The number of aromatic nitrogens is 2. The molecule has 0 spiro atoms. The van der Waals surface area contributed by atoms with Crippen molar-refractivity contribution in [2.75, 3.05) is 0 Å². The number of hydrogen-bond donors (Lipinski definition) is 1. The highest BCUT2D eigenvalue weighted by molar-refractivity contribution is 5.79. The Morgan fingerprint density at radius 2 is 2.07 bits per heavy atom. The molecule has 1 aromatic carbocycles. The molecule has 1 heterocycles. The van der Waals surface area contributed by atoms with Crippen LogP contribution < -0.4 is 15.6 Å². The van der Waals surface area contributed by atoms with Gasteiger partial charge in [0, 0.05) is 18.2 Å². The van der Waals surface area contributed by atoms with Crippen LogP contribution in [0.4, 0.5) is 13.2 Å². The van der Waals surface area contributed by atoms with Gasteiger partial charge in [0.1, 0.15) is 11.8 Å². The van der Waals surface area contributed by atoms with E-state index in [-0.39, 0.29) is 23.4 Å². The molecule has 3 rings (SSSR count). The molecule has 2 aromatic rings. The molecule has 144 valence electrons. The molecule has 0 saturated carbocycles. The van der Waals surface area contributed by atoms with Crippen LogP contribution in [-0.4, -0.2) is 22.1 Å². The molecule has 6 nitrogen and oxygen atoms in total. The highest BCUT2D eigenvalue weighted by Gasteiger charge is 2.32. The number of benzene rings is 1. The molecule has 9 heteroatoms. The van der Waals surface area contributed by atoms with Gasteiger partial charge in [0.2, 0.25) is 5.91 Å². The topological polar surface area (TPSA) is 73.2 Å². The van der Waals surface area contributed by atoms with Crippen molar-refractivity contribution in [2.24, 2.45) is 0 Å². The maximum absolute atomic E-state index is 12.5. The zero-order valence-electron chi connectivity index (χ0n) is 14.5. The molecule has 0 fully saturated rings. The number of halogens is 3. The van der Waals surface area contributed by atoms with Crippen molar-refractivity contribution in [2.45, 2.75) is 45.1 Å². The molecule has 1 atom stereocenters. The van der Waals surface area contributed by atoms with Crippen LogP contribution in [0.1, 0.15) is 36.2 Å². The second-order valence-corrected chi connectivity index (χ2v) is 6.30. The summed E-state index contributed by atoms with van der Waals surface area (Å²) in [5, 5.41) is 6.80. The van der Waals surface area contributed by atoms with Crippen LogP contribution in [0.3, 0.4) is 0 Å². The molecule has 1 amide bonds. The van der Waals surface area contributed by atoms with Crippen molar-refractivity contribution >= 4 is 5.91 Å². The second-order valence-electron chi connectivity index (χ2n) is 6.30. The van der Waals surface area contributed by atoms with Gasteiger partial charge in [-0.05, 0) is 37.8 Å². The summed E-state index contributed by atoms with van der Waals surface area (Å²) in [4.78, 5) is 24.6. The Morgan fingerprint density at radius 1 is 1.33 bits per heavy atom. The smallest absolute Gasteiger partial charge is 0.405 e. The third kappa shape index (κ3) is 4.47. The SMILES string of the molecule is C[C@@H](C(=O)NCc1ccccc1OC(F)(F)F)n1nc2c(cc1=O)CCC2. The van der Waals surface area contributed by atoms with Crippen molar-refractivity contribution in [3.05, 3.63) is 57.5 Å². The molecule has 0 bridgehead atoms. The third-order valence-corrected chi connectivity index (χ3v) is 4.38. The average molecular weight is 381 g/mol. The van der Waals surface area contributed by atoms with Gasteiger partial charge in [-0.3, -0.25) is 9.59 Å². The van der Waals surface area contributed by atoms with E-state index in [0.717, 1.165) is 35.2 Å². The Bertz CT molecular complexity index is 909. The lowest BCUT2D eigenvalue weighted by Crippen LogP contribution is -2.37. The number of rotatable bonds is 5. The maximum atomic E-state index is 12.5. The lowest BCUT2D eigenvalue weighted by Gasteiger charge is -2.17. The van der Waals surface area contributed by atoms with Gasteiger partial charge in [-0.15, -0.1) is 13.2 Å². The average Bonchev–Trinajstić information content (AvgIpc) is 3.05. The predicted molar refractivity (Wildman–Crippen MR) is 90.2 cm³/mol. The minimum Gasteiger partial charge on any atom is -0.405 e. The number of aryl methyl sites for hydroxylation is 2. The fraction of sp³-hybridized carbons (Fsp3) is 0.389. The van der Waals surface area contributed by atoms with Crippen LogP contribution >= 0.6 is 0 Å². The van der Waals surface area contributed by atoms with Gasteiger partial charge < -0.3 is 10.1 Å². The molecular formula is C18H18F3N3O3. The molecule has 0 aliphatic heterocycles. The monoisotopic (exact) mass is 381 g/mol. The summed E-state index contributed by atoms with van der Waals surface area (Å²) in [7, 11) is 0. The van der Waals surface area contributed by atoms with Gasteiger partial charge in [0.05, 0.1) is 5.69 Å². The largest absolute Gasteiger partial charge is 0.573 e. The summed E-state index contributed by atoms with van der Waals surface area (Å²) in [5.41, 5.74) is 1.50. The summed E-state index contributed by atoms with van der Waals surface area (Å²) in [6, 6.07) is 6.14. The van der Waals surface area contributed by atoms with Crippen molar-refractivity contribution in [3.63, 3.8) is 0 Å². The minimum atomic E-state index is -4.82.